The van der Waals surface area contributed by atoms with Gasteiger partial charge in [0.25, 0.3) is 0 Å². The number of nitrogens with zero attached hydrogens (tertiary/aromatic N) is 1. The number of rotatable bonds is 6. The molecule has 1 N–H and O–H groups in total. The van der Waals surface area contributed by atoms with Crippen molar-refractivity contribution in [3.05, 3.63) is 28.2 Å². The molecule has 21 heavy (non-hydrogen) atoms. The van der Waals surface area contributed by atoms with Crippen LogP contribution in [-0.4, -0.2) is 29.3 Å². The second kappa shape index (κ2) is 8.25. The van der Waals surface area contributed by atoms with Crippen LogP contribution in [0, 0.1) is 0 Å². The molecule has 6 heteroatoms. The Morgan fingerprint density at radius 1 is 1.29 bits per heavy atom. The Bertz CT molecular complexity index is 500. The van der Waals surface area contributed by atoms with Gasteiger partial charge >= 0.3 is 0 Å². The lowest BCUT2D eigenvalue weighted by molar-refractivity contribution is -0.131. The van der Waals surface area contributed by atoms with Crippen molar-refractivity contribution < 1.29 is 9.59 Å². The first kappa shape index (κ1) is 17.8. The molecule has 0 heterocycles. The molecule has 1 aromatic carbocycles. The number of amides is 2. The van der Waals surface area contributed by atoms with Crippen LogP contribution >= 0.6 is 23.2 Å². The number of nitrogens with one attached hydrogen (secondary N) is 1. The number of hydrogen-bond donors (Lipinski definition) is 1. The van der Waals surface area contributed by atoms with E-state index in [1.165, 1.54) is 6.92 Å². The van der Waals surface area contributed by atoms with Crippen LogP contribution in [0.2, 0.25) is 10.0 Å². The summed E-state index contributed by atoms with van der Waals surface area (Å²) in [5.41, 5.74) is 0.406. The highest BCUT2D eigenvalue weighted by atomic mass is 35.5. The first-order chi connectivity index (χ1) is 9.86. The van der Waals surface area contributed by atoms with Crippen molar-refractivity contribution in [3.63, 3.8) is 0 Å². The number of carbonyl (C=O) groups is 2. The predicted molar refractivity (Wildman–Crippen MR) is 86.8 cm³/mol. The van der Waals surface area contributed by atoms with E-state index in [2.05, 4.69) is 5.32 Å². The summed E-state index contributed by atoms with van der Waals surface area (Å²) >= 11 is 12.0. The Kier molecular flexibility index (Phi) is 6.99. The molecule has 0 aliphatic carbocycles. The van der Waals surface area contributed by atoms with Gasteiger partial charge in [0.1, 0.15) is 0 Å². The fourth-order valence-electron chi connectivity index (χ4n) is 1.95. The van der Waals surface area contributed by atoms with Gasteiger partial charge in [0.2, 0.25) is 11.8 Å². The molecule has 1 rings (SSSR count). The van der Waals surface area contributed by atoms with Crippen molar-refractivity contribution >= 4 is 40.7 Å². The zero-order valence-electron chi connectivity index (χ0n) is 12.5. The summed E-state index contributed by atoms with van der Waals surface area (Å²) in [6.07, 6.45) is 1.04. The monoisotopic (exact) mass is 330 g/mol. The van der Waals surface area contributed by atoms with Crippen LogP contribution in [0.5, 0.6) is 0 Å². The van der Waals surface area contributed by atoms with E-state index in [1.54, 1.807) is 23.1 Å². The zero-order chi connectivity index (χ0) is 16.0. The molecule has 4 nitrogen and oxygen atoms in total. The van der Waals surface area contributed by atoms with E-state index in [0.717, 1.165) is 6.42 Å². The maximum atomic E-state index is 12.0. The number of halogens is 2. The minimum absolute atomic E-state index is 0.0343. The van der Waals surface area contributed by atoms with E-state index in [0.29, 0.717) is 22.3 Å². The van der Waals surface area contributed by atoms with Crippen molar-refractivity contribution in [3.8, 4) is 0 Å². The molecule has 1 aromatic rings. The summed E-state index contributed by atoms with van der Waals surface area (Å²) < 4.78 is 0. The summed E-state index contributed by atoms with van der Waals surface area (Å²) in [5.74, 6) is -0.257. The van der Waals surface area contributed by atoms with Crippen LogP contribution in [-0.2, 0) is 9.59 Å². The number of benzene rings is 1. The largest absolute Gasteiger partial charge is 0.340 e. The Labute approximate surface area is 135 Å². The van der Waals surface area contributed by atoms with Crippen LogP contribution in [0.25, 0.3) is 0 Å². The van der Waals surface area contributed by atoms with Crippen molar-refractivity contribution in [2.24, 2.45) is 0 Å². The molecule has 0 aromatic heterocycles. The van der Waals surface area contributed by atoms with Crippen LogP contribution in [0.15, 0.2) is 18.2 Å². The van der Waals surface area contributed by atoms with E-state index >= 15 is 0 Å². The Morgan fingerprint density at radius 3 is 2.33 bits per heavy atom. The summed E-state index contributed by atoms with van der Waals surface area (Å²) in [7, 11) is 0. The van der Waals surface area contributed by atoms with Gasteiger partial charge in [-0.25, -0.2) is 0 Å². The first-order valence-corrected chi connectivity index (χ1v) is 7.63. The molecule has 116 valence electrons. The number of anilines is 1. The van der Waals surface area contributed by atoms with Gasteiger partial charge in [-0.05, 0) is 25.5 Å². The third-order valence-electron chi connectivity index (χ3n) is 3.33. The fraction of sp³-hybridized carbons (Fsp3) is 0.467. The molecule has 0 saturated carbocycles. The normalized spacial score (nSPS) is 11.9. The minimum atomic E-state index is -0.223. The lowest BCUT2D eigenvalue weighted by Crippen LogP contribution is -2.38. The average molecular weight is 331 g/mol. The minimum Gasteiger partial charge on any atom is -0.340 e. The van der Waals surface area contributed by atoms with Crippen LogP contribution in [0.1, 0.15) is 33.6 Å². The molecule has 0 spiro atoms. The molecule has 0 fully saturated rings. The molecule has 0 aliphatic heterocycles. The van der Waals surface area contributed by atoms with E-state index in [-0.39, 0.29) is 24.3 Å². The fourth-order valence-corrected chi connectivity index (χ4v) is 2.44. The molecule has 2 amide bonds. The standard InChI is InChI=1S/C15H20Cl2N2O2/c1-4-10(2)19(11(3)20)9-8-14(21)18-15-12(16)6-5-7-13(15)17/h5-7,10H,4,8-9H2,1-3H3,(H,18,21). The number of para-hydroxylation sites is 1. The lowest BCUT2D eigenvalue weighted by Gasteiger charge is -2.27. The molecule has 0 aliphatic rings. The summed E-state index contributed by atoms with van der Waals surface area (Å²) in [4.78, 5) is 25.3. The van der Waals surface area contributed by atoms with E-state index in [4.69, 9.17) is 23.2 Å². The van der Waals surface area contributed by atoms with Gasteiger partial charge in [0.05, 0.1) is 15.7 Å². The van der Waals surface area contributed by atoms with Gasteiger partial charge in [0.15, 0.2) is 0 Å². The lowest BCUT2D eigenvalue weighted by atomic mass is 10.2. The van der Waals surface area contributed by atoms with Crippen LogP contribution in [0.3, 0.4) is 0 Å². The zero-order valence-corrected chi connectivity index (χ0v) is 14.0. The van der Waals surface area contributed by atoms with Gasteiger partial charge in [-0.2, -0.15) is 0 Å². The predicted octanol–water partition coefficient (Wildman–Crippen LogP) is 3.97. The van der Waals surface area contributed by atoms with E-state index < -0.39 is 0 Å². The summed E-state index contributed by atoms with van der Waals surface area (Å²) in [6.45, 7) is 5.85. The van der Waals surface area contributed by atoms with Crippen molar-refractivity contribution in [2.75, 3.05) is 11.9 Å². The van der Waals surface area contributed by atoms with Gasteiger partial charge in [-0.1, -0.05) is 36.2 Å². The maximum absolute atomic E-state index is 12.0. The molecule has 1 atom stereocenters. The van der Waals surface area contributed by atoms with Gasteiger partial charge < -0.3 is 10.2 Å². The average Bonchev–Trinajstić information content (AvgIpc) is 2.42. The summed E-state index contributed by atoms with van der Waals surface area (Å²) in [6, 6.07) is 5.13. The maximum Gasteiger partial charge on any atom is 0.226 e. The number of hydrogen-bond acceptors (Lipinski definition) is 2. The van der Waals surface area contributed by atoms with Crippen molar-refractivity contribution in [1.82, 2.24) is 4.90 Å². The molecular formula is C15H20Cl2N2O2. The van der Waals surface area contributed by atoms with Gasteiger partial charge in [-0.15, -0.1) is 0 Å². The molecule has 0 bridgehead atoms. The van der Waals surface area contributed by atoms with Crippen molar-refractivity contribution in [1.29, 1.82) is 0 Å². The highest BCUT2D eigenvalue weighted by molar-refractivity contribution is 6.39. The second-order valence-corrected chi connectivity index (χ2v) is 5.68. The van der Waals surface area contributed by atoms with Crippen LogP contribution in [0.4, 0.5) is 5.69 Å². The van der Waals surface area contributed by atoms with Crippen LogP contribution < -0.4 is 5.32 Å². The van der Waals surface area contributed by atoms with Gasteiger partial charge in [-0.3, -0.25) is 9.59 Å². The Morgan fingerprint density at radius 2 is 1.86 bits per heavy atom. The second-order valence-electron chi connectivity index (χ2n) is 4.86. The Balaban J connectivity index is 2.63. The third-order valence-corrected chi connectivity index (χ3v) is 3.96. The SMILES string of the molecule is CCC(C)N(CCC(=O)Nc1c(Cl)cccc1Cl)C(C)=O. The van der Waals surface area contributed by atoms with E-state index in [1.807, 2.05) is 13.8 Å². The topological polar surface area (TPSA) is 49.4 Å². The quantitative estimate of drug-likeness (QED) is 0.857. The molecule has 1 unspecified atom stereocenters. The molecule has 0 radical (unpaired) electrons. The first-order valence-electron chi connectivity index (χ1n) is 6.87. The third kappa shape index (κ3) is 5.21. The molecule has 0 saturated heterocycles. The van der Waals surface area contributed by atoms with E-state index in [9.17, 15) is 9.59 Å². The highest BCUT2D eigenvalue weighted by Crippen LogP contribution is 2.29. The smallest absolute Gasteiger partial charge is 0.226 e. The number of carbonyl (C=O) groups excluding carboxylic acids is 2. The summed E-state index contributed by atoms with van der Waals surface area (Å²) in [5, 5.41) is 3.47. The van der Waals surface area contributed by atoms with Gasteiger partial charge in [0, 0.05) is 25.9 Å². The highest BCUT2D eigenvalue weighted by Gasteiger charge is 2.17. The van der Waals surface area contributed by atoms with Crippen molar-refractivity contribution in [2.45, 2.75) is 39.7 Å². The Hall–Kier alpha value is -1.26. The molecular weight excluding hydrogens is 311 g/mol.